The summed E-state index contributed by atoms with van der Waals surface area (Å²) in [6.07, 6.45) is 0. The molecule has 430 valence electrons. The molecule has 6 nitrogen and oxygen atoms in total. The number of benzene rings is 14. The Morgan fingerprint density at radius 3 is 0.289 bits per heavy atom. The van der Waals surface area contributed by atoms with Gasteiger partial charge in [-0.05, 0) is 230 Å². The first-order valence-electron chi connectivity index (χ1n) is 30.5. The standard InChI is InChI=1S/C84H64N6/c1-9-25-67(26-10-1)85(68-27-11-2-12-28-68)77-49-57-81(58-50-77)89(82-59-51-78(52-60-82)86(69-29-13-3-14-30-69)70-31-15-4-16-32-70)75-45-41-65(42-46-75)66-43-47-76(48-44-66)90(83-61-53-79(54-62-83)87(71-33-17-5-18-34-71)72-35-19-6-20-36-72)84-63-55-80(56-64-84)88(73-37-21-7-22-38-73)74-39-23-8-24-40-74/h1-64H. The predicted octanol–water partition coefficient (Wildman–Crippen LogP) is 24.2. The van der Waals surface area contributed by atoms with Gasteiger partial charge >= 0.3 is 0 Å². The molecule has 0 bridgehead atoms. The molecular formula is C84H64N6. The molecule has 0 unspecified atom stereocenters. The van der Waals surface area contributed by atoms with Gasteiger partial charge in [0.2, 0.25) is 0 Å². The van der Waals surface area contributed by atoms with Crippen LogP contribution in [0.25, 0.3) is 11.1 Å². The lowest BCUT2D eigenvalue weighted by Crippen LogP contribution is -2.13. The van der Waals surface area contributed by atoms with Crippen molar-refractivity contribution < 1.29 is 0 Å². The van der Waals surface area contributed by atoms with Crippen molar-refractivity contribution in [2.75, 3.05) is 29.4 Å². The zero-order valence-corrected chi connectivity index (χ0v) is 49.6. The summed E-state index contributed by atoms with van der Waals surface area (Å²) in [7, 11) is 0. The van der Waals surface area contributed by atoms with Crippen molar-refractivity contribution in [1.29, 1.82) is 0 Å². The van der Waals surface area contributed by atoms with Crippen LogP contribution >= 0.6 is 0 Å². The number of hydrogen-bond acceptors (Lipinski definition) is 6. The number of nitrogens with zero attached hydrogens (tertiary/aromatic N) is 6. The van der Waals surface area contributed by atoms with Gasteiger partial charge in [-0.15, -0.1) is 0 Å². The highest BCUT2D eigenvalue weighted by Crippen LogP contribution is 2.45. The van der Waals surface area contributed by atoms with E-state index in [2.05, 4.69) is 418 Å². The molecule has 14 rings (SSSR count). The normalized spacial score (nSPS) is 10.9. The summed E-state index contributed by atoms with van der Waals surface area (Å²) in [4.78, 5) is 13.9. The minimum atomic E-state index is 1.04. The van der Waals surface area contributed by atoms with Crippen LogP contribution in [0.4, 0.5) is 102 Å². The van der Waals surface area contributed by atoms with Gasteiger partial charge in [0.05, 0.1) is 0 Å². The molecule has 90 heavy (non-hydrogen) atoms. The summed E-state index contributed by atoms with van der Waals surface area (Å²) < 4.78 is 0. The van der Waals surface area contributed by atoms with Gasteiger partial charge in [-0.1, -0.05) is 170 Å². The van der Waals surface area contributed by atoms with E-state index in [0.717, 1.165) is 113 Å². The lowest BCUT2D eigenvalue weighted by Gasteiger charge is -2.30. The van der Waals surface area contributed by atoms with Gasteiger partial charge < -0.3 is 29.4 Å². The lowest BCUT2D eigenvalue weighted by atomic mass is 10.0. The van der Waals surface area contributed by atoms with Gasteiger partial charge in [0.25, 0.3) is 0 Å². The first-order chi connectivity index (χ1) is 44.7. The molecule has 0 aliphatic heterocycles. The molecule has 6 heteroatoms. The maximum atomic E-state index is 2.34. The summed E-state index contributed by atoms with van der Waals surface area (Å²) in [5.74, 6) is 0. The van der Waals surface area contributed by atoms with Crippen LogP contribution < -0.4 is 29.4 Å². The molecule has 0 N–H and O–H groups in total. The minimum Gasteiger partial charge on any atom is -0.311 e. The van der Waals surface area contributed by atoms with E-state index in [1.807, 2.05) is 0 Å². The molecule has 0 atom stereocenters. The first kappa shape index (κ1) is 55.7. The molecule has 0 saturated heterocycles. The number of rotatable bonds is 19. The van der Waals surface area contributed by atoms with Crippen LogP contribution in [0.1, 0.15) is 0 Å². The van der Waals surface area contributed by atoms with E-state index in [4.69, 9.17) is 0 Å². The Bertz CT molecular complexity index is 3800. The zero-order valence-electron chi connectivity index (χ0n) is 49.6. The second-order valence-corrected chi connectivity index (χ2v) is 21.9. The average molecular weight is 1160 g/mol. The third-order valence-corrected chi connectivity index (χ3v) is 16.2. The van der Waals surface area contributed by atoms with Crippen molar-refractivity contribution >= 4 is 102 Å². The van der Waals surface area contributed by atoms with Crippen molar-refractivity contribution in [3.63, 3.8) is 0 Å². The van der Waals surface area contributed by atoms with Crippen molar-refractivity contribution in [2.24, 2.45) is 0 Å². The Kier molecular flexibility index (Phi) is 16.3. The van der Waals surface area contributed by atoms with E-state index in [-0.39, 0.29) is 0 Å². The molecule has 0 fully saturated rings. The quantitative estimate of drug-likeness (QED) is 0.0798. The summed E-state index contributed by atoms with van der Waals surface area (Å²) in [6, 6.07) is 138. The van der Waals surface area contributed by atoms with Crippen LogP contribution in [0.15, 0.2) is 388 Å². The van der Waals surface area contributed by atoms with Crippen LogP contribution in [-0.2, 0) is 0 Å². The van der Waals surface area contributed by atoms with Crippen LogP contribution in [0.3, 0.4) is 0 Å². The second kappa shape index (κ2) is 26.2. The van der Waals surface area contributed by atoms with Gasteiger partial charge in [0.1, 0.15) is 0 Å². The molecule has 14 aromatic carbocycles. The van der Waals surface area contributed by atoms with E-state index in [9.17, 15) is 0 Å². The fraction of sp³-hybridized carbons (Fsp3) is 0. The Morgan fingerprint density at radius 1 is 0.0889 bits per heavy atom. The molecule has 0 radical (unpaired) electrons. The van der Waals surface area contributed by atoms with E-state index < -0.39 is 0 Å². The van der Waals surface area contributed by atoms with Gasteiger partial charge in [-0.3, -0.25) is 0 Å². The Hall–Kier alpha value is -12.1. The zero-order chi connectivity index (χ0) is 60.3. The Morgan fingerprint density at radius 2 is 0.178 bits per heavy atom. The topological polar surface area (TPSA) is 19.4 Å². The fourth-order valence-corrected chi connectivity index (χ4v) is 11.9. The van der Waals surface area contributed by atoms with Crippen molar-refractivity contribution in [2.45, 2.75) is 0 Å². The average Bonchev–Trinajstić information content (AvgIpc) is 1.56. The molecule has 0 heterocycles. The van der Waals surface area contributed by atoms with Crippen molar-refractivity contribution in [3.05, 3.63) is 388 Å². The van der Waals surface area contributed by atoms with Crippen LogP contribution in [0, 0.1) is 0 Å². The summed E-state index contributed by atoms with van der Waals surface area (Å²) in [5.41, 5.74) is 21.4. The Labute approximate surface area is 528 Å². The van der Waals surface area contributed by atoms with E-state index >= 15 is 0 Å². The molecule has 0 aromatic heterocycles. The molecule has 0 saturated carbocycles. The fourth-order valence-electron chi connectivity index (χ4n) is 11.9. The van der Waals surface area contributed by atoms with Crippen LogP contribution in [-0.4, -0.2) is 0 Å². The van der Waals surface area contributed by atoms with E-state index in [1.54, 1.807) is 0 Å². The minimum absolute atomic E-state index is 1.04. The second-order valence-electron chi connectivity index (χ2n) is 21.9. The molecule has 0 aliphatic rings. The third kappa shape index (κ3) is 12.1. The molecule has 0 amide bonds. The monoisotopic (exact) mass is 1160 g/mol. The highest BCUT2D eigenvalue weighted by Gasteiger charge is 2.21. The van der Waals surface area contributed by atoms with Gasteiger partial charge in [0, 0.05) is 102 Å². The molecule has 0 spiro atoms. The predicted molar refractivity (Wildman–Crippen MR) is 380 cm³/mol. The number of anilines is 18. The van der Waals surface area contributed by atoms with Crippen molar-refractivity contribution in [1.82, 2.24) is 0 Å². The SMILES string of the molecule is c1ccc(N(c2ccccc2)c2ccc(N(c3ccc(-c4ccc(N(c5ccc(N(c6ccccc6)c6ccccc6)cc5)c5ccc(N(c6ccccc6)c6ccccc6)cc5)cc4)cc3)c3ccc(N(c4ccccc4)c4ccccc4)cc3)cc2)cc1. The highest BCUT2D eigenvalue weighted by atomic mass is 15.2. The maximum Gasteiger partial charge on any atom is 0.0463 e. The summed E-state index contributed by atoms with van der Waals surface area (Å²) in [5, 5.41) is 0. The Balaban J connectivity index is 0.812. The molecule has 14 aromatic rings. The van der Waals surface area contributed by atoms with Gasteiger partial charge in [-0.25, -0.2) is 0 Å². The van der Waals surface area contributed by atoms with Gasteiger partial charge in [-0.2, -0.15) is 0 Å². The molecular weight excluding hydrogens is 1090 g/mol. The number of para-hydroxylation sites is 8. The van der Waals surface area contributed by atoms with E-state index in [1.165, 1.54) is 0 Å². The first-order valence-corrected chi connectivity index (χ1v) is 30.5. The summed E-state index contributed by atoms with van der Waals surface area (Å²) in [6.45, 7) is 0. The number of hydrogen-bond donors (Lipinski definition) is 0. The smallest absolute Gasteiger partial charge is 0.0463 e. The van der Waals surface area contributed by atoms with Crippen LogP contribution in [0.5, 0.6) is 0 Å². The van der Waals surface area contributed by atoms with E-state index in [0.29, 0.717) is 0 Å². The lowest BCUT2D eigenvalue weighted by molar-refractivity contribution is 1.24. The largest absolute Gasteiger partial charge is 0.311 e. The highest BCUT2D eigenvalue weighted by molar-refractivity contribution is 5.87. The van der Waals surface area contributed by atoms with Crippen LogP contribution in [0.2, 0.25) is 0 Å². The molecule has 0 aliphatic carbocycles. The maximum absolute atomic E-state index is 2.34. The third-order valence-electron chi connectivity index (χ3n) is 16.2. The summed E-state index contributed by atoms with van der Waals surface area (Å²) >= 11 is 0. The van der Waals surface area contributed by atoms with Crippen molar-refractivity contribution in [3.8, 4) is 11.1 Å². The van der Waals surface area contributed by atoms with Gasteiger partial charge in [0.15, 0.2) is 0 Å².